The zero-order valence-electron chi connectivity index (χ0n) is 14.8. The molecule has 0 atom stereocenters. The molecule has 2 aliphatic rings. The molecule has 27 heavy (non-hydrogen) atoms. The van der Waals surface area contributed by atoms with Crippen molar-refractivity contribution >= 4 is 32.3 Å². The second-order valence-electron chi connectivity index (χ2n) is 6.80. The van der Waals surface area contributed by atoms with Crippen LogP contribution in [0.4, 0.5) is 5.13 Å². The summed E-state index contributed by atoms with van der Waals surface area (Å²) in [7, 11) is 0. The topological polar surface area (TPSA) is 69.2 Å². The number of thiazole rings is 1. The Kier molecular flexibility index (Phi) is 4.47. The molecule has 1 N–H and O–H groups in total. The Bertz CT molecular complexity index is 948. The lowest BCUT2D eigenvalue weighted by Gasteiger charge is -2.35. The van der Waals surface area contributed by atoms with E-state index in [4.69, 9.17) is 9.47 Å². The van der Waals surface area contributed by atoms with Crippen molar-refractivity contribution in [2.45, 2.75) is 31.4 Å². The van der Waals surface area contributed by atoms with E-state index in [0.29, 0.717) is 18.5 Å². The Balaban J connectivity index is 1.21. The van der Waals surface area contributed by atoms with Gasteiger partial charge in [-0.15, -0.1) is 0 Å². The first-order valence-electron chi connectivity index (χ1n) is 9.22. The SMILES string of the molecule is C1=C(c2nccnc2O[C@H]2C[C@H](Nc3nc4ccccc4s3)C2)CCOC1. The van der Waals surface area contributed by atoms with Crippen LogP contribution in [0.15, 0.2) is 42.7 Å². The summed E-state index contributed by atoms with van der Waals surface area (Å²) in [5.41, 5.74) is 3.06. The van der Waals surface area contributed by atoms with Crippen molar-refractivity contribution in [2.24, 2.45) is 0 Å². The van der Waals surface area contributed by atoms with Gasteiger partial charge in [0.15, 0.2) is 5.13 Å². The highest BCUT2D eigenvalue weighted by Crippen LogP contribution is 2.33. The molecule has 0 spiro atoms. The minimum Gasteiger partial charge on any atom is -0.473 e. The van der Waals surface area contributed by atoms with Crippen LogP contribution in [0.25, 0.3) is 15.8 Å². The predicted molar refractivity (Wildman–Crippen MR) is 106 cm³/mol. The molecule has 5 rings (SSSR count). The number of nitrogens with zero attached hydrogens (tertiary/aromatic N) is 3. The van der Waals surface area contributed by atoms with E-state index in [9.17, 15) is 0 Å². The number of para-hydroxylation sites is 1. The molecular weight excluding hydrogens is 360 g/mol. The predicted octanol–water partition coefficient (Wildman–Crippen LogP) is 3.91. The molecule has 3 aromatic rings. The van der Waals surface area contributed by atoms with Gasteiger partial charge in [-0.25, -0.2) is 15.0 Å². The number of rotatable bonds is 5. The van der Waals surface area contributed by atoms with Gasteiger partial charge >= 0.3 is 0 Å². The van der Waals surface area contributed by atoms with Crippen LogP contribution >= 0.6 is 11.3 Å². The molecule has 1 fully saturated rings. The van der Waals surface area contributed by atoms with E-state index in [1.165, 1.54) is 4.70 Å². The second kappa shape index (κ2) is 7.25. The van der Waals surface area contributed by atoms with Crippen molar-refractivity contribution in [1.82, 2.24) is 15.0 Å². The zero-order valence-corrected chi connectivity index (χ0v) is 15.6. The van der Waals surface area contributed by atoms with Gasteiger partial charge in [0, 0.05) is 31.3 Å². The van der Waals surface area contributed by atoms with Gasteiger partial charge < -0.3 is 14.8 Å². The van der Waals surface area contributed by atoms with Gasteiger partial charge in [0.05, 0.1) is 23.4 Å². The maximum Gasteiger partial charge on any atom is 0.240 e. The lowest BCUT2D eigenvalue weighted by molar-refractivity contribution is 0.102. The summed E-state index contributed by atoms with van der Waals surface area (Å²) < 4.78 is 12.7. The largest absolute Gasteiger partial charge is 0.473 e. The van der Waals surface area contributed by atoms with E-state index in [1.54, 1.807) is 23.7 Å². The highest BCUT2D eigenvalue weighted by molar-refractivity contribution is 7.22. The number of nitrogens with one attached hydrogen (secondary N) is 1. The van der Waals surface area contributed by atoms with E-state index in [1.807, 2.05) is 18.2 Å². The molecule has 138 valence electrons. The quantitative estimate of drug-likeness (QED) is 0.724. The minimum atomic E-state index is 0.160. The van der Waals surface area contributed by atoms with Crippen LogP contribution in [-0.4, -0.2) is 40.3 Å². The number of ether oxygens (including phenoxy) is 2. The van der Waals surface area contributed by atoms with Gasteiger partial charge in [0.2, 0.25) is 5.88 Å². The van der Waals surface area contributed by atoms with Gasteiger partial charge in [0.1, 0.15) is 11.8 Å². The lowest BCUT2D eigenvalue weighted by atomic mass is 9.89. The van der Waals surface area contributed by atoms with Gasteiger partial charge in [0.25, 0.3) is 0 Å². The third-order valence-electron chi connectivity index (χ3n) is 4.93. The average Bonchev–Trinajstić information content (AvgIpc) is 3.10. The molecule has 0 saturated heterocycles. The van der Waals surface area contributed by atoms with E-state index in [0.717, 1.165) is 47.8 Å². The van der Waals surface area contributed by atoms with Crippen LogP contribution in [0, 0.1) is 0 Å². The molecule has 6 nitrogen and oxygen atoms in total. The molecule has 1 saturated carbocycles. The third-order valence-corrected chi connectivity index (χ3v) is 5.89. The molecular formula is C20H20N4O2S. The molecule has 3 heterocycles. The Morgan fingerprint density at radius 3 is 2.89 bits per heavy atom. The highest BCUT2D eigenvalue weighted by atomic mass is 32.1. The molecule has 0 radical (unpaired) electrons. The maximum absolute atomic E-state index is 6.15. The molecule has 0 unspecified atom stereocenters. The first kappa shape index (κ1) is 16.6. The van der Waals surface area contributed by atoms with Crippen LogP contribution in [0.2, 0.25) is 0 Å². The molecule has 1 aliphatic carbocycles. The van der Waals surface area contributed by atoms with E-state index < -0.39 is 0 Å². The van der Waals surface area contributed by atoms with Crippen molar-refractivity contribution in [1.29, 1.82) is 0 Å². The smallest absolute Gasteiger partial charge is 0.240 e. The summed E-state index contributed by atoms with van der Waals surface area (Å²) in [5, 5.41) is 4.50. The number of benzene rings is 1. The Labute approximate surface area is 161 Å². The van der Waals surface area contributed by atoms with E-state index in [-0.39, 0.29) is 6.10 Å². The van der Waals surface area contributed by atoms with Crippen molar-refractivity contribution in [3.05, 3.63) is 48.4 Å². The van der Waals surface area contributed by atoms with E-state index in [2.05, 4.69) is 32.4 Å². The van der Waals surface area contributed by atoms with Crippen molar-refractivity contribution in [3.63, 3.8) is 0 Å². The second-order valence-corrected chi connectivity index (χ2v) is 7.83. The highest BCUT2D eigenvalue weighted by Gasteiger charge is 2.32. The number of hydrogen-bond acceptors (Lipinski definition) is 7. The fraction of sp³-hybridized carbons (Fsp3) is 0.350. The summed E-state index contributed by atoms with van der Waals surface area (Å²) in [6.07, 6.45) is 8.36. The molecule has 2 aromatic heterocycles. The van der Waals surface area contributed by atoms with Crippen molar-refractivity contribution in [2.75, 3.05) is 18.5 Å². The number of aromatic nitrogens is 3. The Morgan fingerprint density at radius 2 is 2.04 bits per heavy atom. The van der Waals surface area contributed by atoms with Crippen molar-refractivity contribution < 1.29 is 9.47 Å². The van der Waals surface area contributed by atoms with Crippen LogP contribution in [-0.2, 0) is 4.74 Å². The van der Waals surface area contributed by atoms with E-state index >= 15 is 0 Å². The third kappa shape index (κ3) is 3.52. The average molecular weight is 380 g/mol. The summed E-state index contributed by atoms with van der Waals surface area (Å²) in [6.45, 7) is 1.35. The van der Waals surface area contributed by atoms with Gasteiger partial charge in [-0.05, 0) is 24.1 Å². The zero-order chi connectivity index (χ0) is 18.1. The number of hydrogen-bond donors (Lipinski definition) is 1. The fourth-order valence-corrected chi connectivity index (χ4v) is 4.36. The summed E-state index contributed by atoms with van der Waals surface area (Å²) >= 11 is 1.70. The Hall–Kier alpha value is -2.51. The first-order valence-corrected chi connectivity index (χ1v) is 10.0. The lowest BCUT2D eigenvalue weighted by Crippen LogP contribution is -2.42. The summed E-state index contributed by atoms with van der Waals surface area (Å²) in [5.74, 6) is 0.633. The number of anilines is 1. The fourth-order valence-electron chi connectivity index (χ4n) is 3.42. The monoisotopic (exact) mass is 380 g/mol. The maximum atomic E-state index is 6.15. The summed E-state index contributed by atoms with van der Waals surface area (Å²) in [4.78, 5) is 13.5. The van der Waals surface area contributed by atoms with Crippen LogP contribution in [0.3, 0.4) is 0 Å². The molecule has 1 aromatic carbocycles. The summed E-state index contributed by atoms with van der Waals surface area (Å²) in [6, 6.07) is 8.60. The number of fused-ring (bicyclic) bond motifs is 1. The molecule has 0 amide bonds. The van der Waals surface area contributed by atoms with Gasteiger partial charge in [-0.1, -0.05) is 29.5 Å². The minimum absolute atomic E-state index is 0.160. The van der Waals surface area contributed by atoms with Crippen LogP contribution < -0.4 is 10.1 Å². The van der Waals surface area contributed by atoms with Crippen molar-refractivity contribution in [3.8, 4) is 5.88 Å². The first-order chi connectivity index (χ1) is 13.3. The molecule has 0 bridgehead atoms. The molecule has 7 heteroatoms. The Morgan fingerprint density at radius 1 is 1.15 bits per heavy atom. The van der Waals surface area contributed by atoms with Gasteiger partial charge in [-0.2, -0.15) is 0 Å². The van der Waals surface area contributed by atoms with Gasteiger partial charge in [-0.3, -0.25) is 0 Å². The molecule has 1 aliphatic heterocycles. The standard InChI is InChI=1S/C20H20N4O2S/c1-2-4-17-16(3-1)24-20(27-17)23-14-11-15(12-14)26-19-18(21-7-8-22-19)13-5-9-25-10-6-13/h1-5,7-8,14-15H,6,9-12H2,(H,23,24)/t14-,15-. The normalized spacial score (nSPS) is 22.1. The van der Waals surface area contributed by atoms with Crippen LogP contribution in [0.5, 0.6) is 5.88 Å². The van der Waals surface area contributed by atoms with Crippen LogP contribution in [0.1, 0.15) is 25.0 Å².